The van der Waals surface area contributed by atoms with Crippen LogP contribution >= 0.6 is 0 Å². The van der Waals surface area contributed by atoms with Crippen LogP contribution in [-0.2, 0) is 16.6 Å². The number of hydrogen-bond acceptors (Lipinski definition) is 5. The van der Waals surface area contributed by atoms with Crippen LogP contribution in [0.4, 0.5) is 10.6 Å². The van der Waals surface area contributed by atoms with Gasteiger partial charge in [-0.3, -0.25) is 19.6 Å². The van der Waals surface area contributed by atoms with Gasteiger partial charge in [0.05, 0.1) is 12.0 Å². The van der Waals surface area contributed by atoms with Crippen molar-refractivity contribution in [2.24, 2.45) is 7.05 Å². The third kappa shape index (κ3) is 4.12. The zero-order valence-corrected chi connectivity index (χ0v) is 18.6. The van der Waals surface area contributed by atoms with Crippen molar-refractivity contribution in [2.75, 3.05) is 11.9 Å². The van der Waals surface area contributed by atoms with Crippen LogP contribution in [-0.4, -0.2) is 45.0 Å². The van der Waals surface area contributed by atoms with Crippen molar-refractivity contribution >= 4 is 23.8 Å². The molecular weight excluding hydrogens is 436 g/mol. The van der Waals surface area contributed by atoms with E-state index < -0.39 is 23.5 Å². The Bertz CT molecular complexity index is 1250. The van der Waals surface area contributed by atoms with E-state index >= 15 is 0 Å². The van der Waals surface area contributed by atoms with Gasteiger partial charge in [-0.25, -0.2) is 4.79 Å². The molecule has 9 nitrogen and oxygen atoms in total. The number of hydrogen-bond donors (Lipinski definition) is 3. The fraction of sp³-hybridized carbons (Fsp3) is 0.280. The van der Waals surface area contributed by atoms with Crippen LogP contribution in [0.15, 0.2) is 54.6 Å². The van der Waals surface area contributed by atoms with Gasteiger partial charge in [0, 0.05) is 19.0 Å². The lowest BCUT2D eigenvalue weighted by Gasteiger charge is -2.14. The largest absolute Gasteiger partial charge is 0.481 e. The number of carbonyl (C=O) groups is 3. The van der Waals surface area contributed by atoms with Crippen molar-refractivity contribution in [3.63, 3.8) is 0 Å². The van der Waals surface area contributed by atoms with E-state index in [0.29, 0.717) is 18.7 Å². The molecule has 9 heteroatoms. The van der Waals surface area contributed by atoms with Crippen molar-refractivity contribution in [1.29, 1.82) is 0 Å². The highest BCUT2D eigenvalue weighted by atomic mass is 16.5. The molecule has 1 aromatic heterocycles. The minimum atomic E-state index is -0.962. The van der Waals surface area contributed by atoms with Crippen molar-refractivity contribution in [3.8, 4) is 11.1 Å². The average molecular weight is 460 g/mol. The zero-order valence-electron chi connectivity index (χ0n) is 18.6. The predicted molar refractivity (Wildman–Crippen MR) is 124 cm³/mol. The van der Waals surface area contributed by atoms with Gasteiger partial charge in [0.25, 0.3) is 5.91 Å². The molecule has 174 valence electrons. The number of nitrogens with one attached hydrogen (secondary N) is 2. The molecule has 3 aromatic rings. The van der Waals surface area contributed by atoms with E-state index in [9.17, 15) is 14.4 Å². The monoisotopic (exact) mass is 460 g/mol. The third-order valence-corrected chi connectivity index (χ3v) is 6.41. The highest BCUT2D eigenvalue weighted by Gasteiger charge is 2.46. The fourth-order valence-corrected chi connectivity index (χ4v) is 4.53. The number of benzene rings is 2. The number of aliphatic carboxylic acids is 1. The number of aryl methyl sites for hydroxylation is 1. The summed E-state index contributed by atoms with van der Waals surface area (Å²) in [5, 5.41) is 18.5. The van der Waals surface area contributed by atoms with Gasteiger partial charge in [0.1, 0.15) is 12.4 Å². The minimum absolute atomic E-state index is 0.0602. The summed E-state index contributed by atoms with van der Waals surface area (Å²) in [6.07, 6.45) is 0.448. The van der Waals surface area contributed by atoms with Gasteiger partial charge in [-0.1, -0.05) is 48.5 Å². The number of carbonyl (C=O) groups excluding carboxylic acids is 2. The third-order valence-electron chi connectivity index (χ3n) is 6.41. The number of carboxylic acids is 1. The summed E-state index contributed by atoms with van der Waals surface area (Å²) < 4.78 is 6.91. The normalized spacial score (nSPS) is 15.2. The van der Waals surface area contributed by atoms with E-state index in [4.69, 9.17) is 9.84 Å². The lowest BCUT2D eigenvalue weighted by Crippen LogP contribution is -2.38. The molecule has 1 saturated carbocycles. The molecular formula is C25H24N4O5. The summed E-state index contributed by atoms with van der Waals surface area (Å²) >= 11 is 0. The van der Waals surface area contributed by atoms with Crippen LogP contribution in [0, 0.1) is 0 Å². The highest BCUT2D eigenvalue weighted by molar-refractivity contribution is 5.95. The lowest BCUT2D eigenvalue weighted by molar-refractivity contribution is -0.137. The molecule has 0 saturated heterocycles. The van der Waals surface area contributed by atoms with Crippen LogP contribution < -0.4 is 10.6 Å². The van der Waals surface area contributed by atoms with E-state index in [2.05, 4.69) is 27.9 Å². The smallest absolute Gasteiger partial charge is 0.412 e. The number of anilines is 1. The quantitative estimate of drug-likeness (QED) is 0.496. The summed E-state index contributed by atoms with van der Waals surface area (Å²) in [6, 6.07) is 17.6. The topological polar surface area (TPSA) is 123 Å². The van der Waals surface area contributed by atoms with Crippen molar-refractivity contribution in [3.05, 3.63) is 71.4 Å². The number of amides is 2. The van der Waals surface area contributed by atoms with Gasteiger partial charge in [-0.2, -0.15) is 5.10 Å². The first-order valence-electron chi connectivity index (χ1n) is 11.1. The molecule has 2 aromatic carbocycles. The van der Waals surface area contributed by atoms with Gasteiger partial charge < -0.3 is 15.2 Å². The number of carboxylic acid groups (broad SMARTS) is 1. The Labute approximate surface area is 195 Å². The standard InChI is InChI=1S/C25H24N4O5/c1-29-21(12-20(28-29)23(32)27-25(10-11-25)13-22(30)31)26-24(33)34-14-19-17-8-4-2-6-15(17)16-7-3-5-9-18(16)19/h2-9,12,19H,10-11,13-14H2,1H3,(H,26,33)(H,27,32)(H,30,31). The van der Waals surface area contributed by atoms with Gasteiger partial charge in [-0.15, -0.1) is 0 Å². The first kappa shape index (κ1) is 21.7. The van der Waals surface area contributed by atoms with Gasteiger partial charge >= 0.3 is 12.1 Å². The number of rotatable bonds is 7. The lowest BCUT2D eigenvalue weighted by atomic mass is 9.98. The molecule has 0 bridgehead atoms. The van der Waals surface area contributed by atoms with Crippen molar-refractivity contribution in [1.82, 2.24) is 15.1 Å². The summed E-state index contributed by atoms with van der Waals surface area (Å²) in [5.74, 6) is -1.20. The first-order chi connectivity index (χ1) is 16.3. The molecule has 0 atom stereocenters. The summed E-state index contributed by atoms with van der Waals surface area (Å²) in [7, 11) is 1.60. The van der Waals surface area contributed by atoms with Crippen LogP contribution in [0.1, 0.15) is 46.8 Å². The molecule has 0 aliphatic heterocycles. The Morgan fingerprint density at radius 3 is 2.29 bits per heavy atom. The maximum Gasteiger partial charge on any atom is 0.412 e. The van der Waals surface area contributed by atoms with Crippen molar-refractivity contribution < 1.29 is 24.2 Å². The maximum atomic E-state index is 12.5. The van der Waals surface area contributed by atoms with Gasteiger partial charge in [0.2, 0.25) is 0 Å². The zero-order chi connectivity index (χ0) is 23.9. The van der Waals surface area contributed by atoms with Crippen LogP contribution in [0.5, 0.6) is 0 Å². The van der Waals surface area contributed by atoms with Crippen LogP contribution in [0.2, 0.25) is 0 Å². The second-order valence-electron chi connectivity index (χ2n) is 8.79. The summed E-state index contributed by atoms with van der Waals surface area (Å²) in [6.45, 7) is 0.169. The second-order valence-corrected chi connectivity index (χ2v) is 8.79. The number of nitrogens with zero attached hydrogens (tertiary/aromatic N) is 2. The molecule has 1 heterocycles. The molecule has 1 fully saturated rings. The molecule has 5 rings (SSSR count). The van der Waals surface area contributed by atoms with E-state index in [1.807, 2.05) is 36.4 Å². The van der Waals surface area contributed by atoms with Crippen LogP contribution in [0.25, 0.3) is 11.1 Å². The molecule has 0 spiro atoms. The van der Waals surface area contributed by atoms with Gasteiger partial charge in [-0.05, 0) is 35.1 Å². The van der Waals surface area contributed by atoms with E-state index in [-0.39, 0.29) is 24.6 Å². The fourth-order valence-electron chi connectivity index (χ4n) is 4.53. The average Bonchev–Trinajstić information content (AvgIpc) is 3.33. The highest BCUT2D eigenvalue weighted by Crippen LogP contribution is 2.44. The molecule has 0 unspecified atom stereocenters. The predicted octanol–water partition coefficient (Wildman–Crippen LogP) is 3.52. The van der Waals surface area contributed by atoms with Gasteiger partial charge in [0.15, 0.2) is 5.69 Å². The number of aromatic nitrogens is 2. The number of ether oxygens (including phenoxy) is 1. The van der Waals surface area contributed by atoms with E-state index in [1.165, 1.54) is 10.7 Å². The Balaban J connectivity index is 1.23. The molecule has 2 aliphatic rings. The maximum absolute atomic E-state index is 12.5. The Kier molecular flexibility index (Phi) is 5.31. The summed E-state index contributed by atoms with van der Waals surface area (Å²) in [5.41, 5.74) is 3.91. The van der Waals surface area contributed by atoms with E-state index in [0.717, 1.165) is 22.3 Å². The molecule has 3 N–H and O–H groups in total. The first-order valence-corrected chi connectivity index (χ1v) is 11.1. The Hall–Kier alpha value is -4.14. The van der Waals surface area contributed by atoms with Crippen molar-refractivity contribution in [2.45, 2.75) is 30.7 Å². The number of fused-ring (bicyclic) bond motifs is 3. The molecule has 2 aliphatic carbocycles. The van der Waals surface area contributed by atoms with E-state index in [1.54, 1.807) is 7.05 Å². The SMILES string of the molecule is Cn1nc(C(=O)NC2(CC(=O)O)CC2)cc1NC(=O)OCC1c2ccccc2-c2ccccc21. The molecule has 0 radical (unpaired) electrons. The Morgan fingerprint density at radius 1 is 1.09 bits per heavy atom. The second kappa shape index (κ2) is 8.33. The molecule has 2 amide bonds. The Morgan fingerprint density at radius 2 is 1.71 bits per heavy atom. The molecule has 34 heavy (non-hydrogen) atoms. The summed E-state index contributed by atoms with van der Waals surface area (Å²) in [4.78, 5) is 36.1. The van der Waals surface area contributed by atoms with Crippen LogP contribution in [0.3, 0.4) is 0 Å². The minimum Gasteiger partial charge on any atom is -0.481 e.